The van der Waals surface area contributed by atoms with Crippen molar-refractivity contribution >= 4 is 28.5 Å². The first-order valence-electron chi connectivity index (χ1n) is 9.37. The van der Waals surface area contributed by atoms with E-state index in [0.717, 1.165) is 11.3 Å². The molecule has 0 atom stereocenters. The normalized spacial score (nSPS) is 10.8. The Balaban J connectivity index is 1.46. The van der Waals surface area contributed by atoms with E-state index < -0.39 is 0 Å². The van der Waals surface area contributed by atoms with Gasteiger partial charge in [0.25, 0.3) is 5.56 Å². The molecule has 3 aromatic heterocycles. The van der Waals surface area contributed by atoms with Crippen LogP contribution in [0.1, 0.15) is 33.0 Å². The van der Waals surface area contributed by atoms with Gasteiger partial charge < -0.3 is 4.74 Å². The molecule has 1 aromatic carbocycles. The predicted octanol–water partition coefficient (Wildman–Crippen LogP) is 4.45. The average molecular weight is 438 g/mol. The number of carbonyl (C=O) groups is 1. The summed E-state index contributed by atoms with van der Waals surface area (Å²) in [5.41, 5.74) is 4.06. The third-order valence-corrected chi connectivity index (χ3v) is 6.32. The summed E-state index contributed by atoms with van der Waals surface area (Å²) in [5.74, 6) is 0.507. The molecule has 0 radical (unpaired) electrons. The highest BCUT2D eigenvalue weighted by Gasteiger charge is 2.17. The van der Waals surface area contributed by atoms with Crippen molar-refractivity contribution in [1.82, 2.24) is 14.5 Å². The van der Waals surface area contributed by atoms with Gasteiger partial charge in [-0.15, -0.1) is 11.3 Å². The lowest BCUT2D eigenvalue weighted by Crippen LogP contribution is -2.16. The lowest BCUT2D eigenvalue weighted by atomic mass is 10.1. The summed E-state index contributed by atoms with van der Waals surface area (Å²) in [6.45, 7) is 2.11. The Labute approximate surface area is 181 Å². The summed E-state index contributed by atoms with van der Waals surface area (Å²) in [7, 11) is 0. The standard InChI is InChI=1S/C22H19N3O3S2/c1-15-21(19(26)8-7-16-5-3-2-4-6-16)30-22(24-15)25-10-9-18(11-20(25)27)28-12-17-13-29-14-23-17/h2-6,9-11,13-14H,7-8,12H2,1H3. The smallest absolute Gasteiger partial charge is 0.260 e. The molecule has 0 bridgehead atoms. The second-order valence-electron chi connectivity index (χ2n) is 6.66. The lowest BCUT2D eigenvalue weighted by molar-refractivity contribution is 0.0986. The second kappa shape index (κ2) is 9.15. The summed E-state index contributed by atoms with van der Waals surface area (Å²) in [4.78, 5) is 34.4. The van der Waals surface area contributed by atoms with Gasteiger partial charge in [0.2, 0.25) is 0 Å². The summed E-state index contributed by atoms with van der Waals surface area (Å²) >= 11 is 2.73. The Kier molecular flexibility index (Phi) is 6.15. The molecular formula is C22H19N3O3S2. The number of ether oxygens (including phenoxy) is 1. The van der Waals surface area contributed by atoms with Gasteiger partial charge in [-0.05, 0) is 25.0 Å². The van der Waals surface area contributed by atoms with E-state index in [1.54, 1.807) is 24.7 Å². The summed E-state index contributed by atoms with van der Waals surface area (Å²) < 4.78 is 7.05. The number of aromatic nitrogens is 3. The van der Waals surface area contributed by atoms with E-state index in [1.807, 2.05) is 35.7 Å². The fourth-order valence-electron chi connectivity index (χ4n) is 2.93. The van der Waals surface area contributed by atoms with Gasteiger partial charge >= 0.3 is 0 Å². The number of Topliss-reactive ketones (excluding diaryl/α,β-unsaturated/α-hetero) is 1. The van der Waals surface area contributed by atoms with Crippen LogP contribution in [0.5, 0.6) is 5.75 Å². The van der Waals surface area contributed by atoms with Gasteiger partial charge in [0.15, 0.2) is 10.9 Å². The monoisotopic (exact) mass is 437 g/mol. The van der Waals surface area contributed by atoms with Crippen LogP contribution < -0.4 is 10.3 Å². The first-order valence-corrected chi connectivity index (χ1v) is 11.1. The Bertz CT molecular complexity index is 1200. The molecule has 6 nitrogen and oxygen atoms in total. The van der Waals surface area contributed by atoms with E-state index in [4.69, 9.17) is 4.74 Å². The highest BCUT2D eigenvalue weighted by Crippen LogP contribution is 2.23. The van der Waals surface area contributed by atoms with Crippen LogP contribution in [0.3, 0.4) is 0 Å². The molecule has 3 heterocycles. The molecule has 0 saturated heterocycles. The SMILES string of the molecule is Cc1nc(-n2ccc(OCc3cscn3)cc2=O)sc1C(=O)CCc1ccccc1. The average Bonchev–Trinajstić information content (AvgIpc) is 3.41. The zero-order chi connectivity index (χ0) is 20.9. The van der Waals surface area contributed by atoms with Crippen molar-refractivity contribution in [2.24, 2.45) is 0 Å². The van der Waals surface area contributed by atoms with Crippen molar-refractivity contribution in [3.05, 3.63) is 91.7 Å². The van der Waals surface area contributed by atoms with Crippen molar-refractivity contribution in [3.63, 3.8) is 0 Å². The van der Waals surface area contributed by atoms with Gasteiger partial charge in [0.05, 0.1) is 21.8 Å². The molecule has 4 rings (SSSR count). The van der Waals surface area contributed by atoms with Gasteiger partial charge in [-0.2, -0.15) is 0 Å². The highest BCUT2D eigenvalue weighted by molar-refractivity contribution is 7.16. The number of carbonyl (C=O) groups excluding carboxylic acids is 1. The molecule has 0 aliphatic carbocycles. The van der Waals surface area contributed by atoms with Gasteiger partial charge in [0.1, 0.15) is 12.4 Å². The Morgan fingerprint density at radius 3 is 2.77 bits per heavy atom. The quantitative estimate of drug-likeness (QED) is 0.381. The molecule has 4 aromatic rings. The van der Waals surface area contributed by atoms with Crippen molar-refractivity contribution in [3.8, 4) is 10.9 Å². The molecule has 0 unspecified atom stereocenters. The summed E-state index contributed by atoms with van der Waals surface area (Å²) in [6, 6.07) is 13.0. The number of hydrogen-bond acceptors (Lipinski definition) is 7. The lowest BCUT2D eigenvalue weighted by Gasteiger charge is -2.05. The van der Waals surface area contributed by atoms with Crippen molar-refractivity contribution in [1.29, 1.82) is 0 Å². The minimum Gasteiger partial charge on any atom is -0.487 e. The fourth-order valence-corrected chi connectivity index (χ4v) is 4.50. The van der Waals surface area contributed by atoms with E-state index in [-0.39, 0.29) is 11.3 Å². The van der Waals surface area contributed by atoms with Crippen LogP contribution in [-0.2, 0) is 13.0 Å². The highest BCUT2D eigenvalue weighted by atomic mass is 32.1. The predicted molar refractivity (Wildman–Crippen MR) is 118 cm³/mol. The fraction of sp³-hybridized carbons (Fsp3) is 0.182. The number of nitrogens with zero attached hydrogens (tertiary/aromatic N) is 3. The number of benzene rings is 1. The van der Waals surface area contributed by atoms with Crippen LogP contribution >= 0.6 is 22.7 Å². The van der Waals surface area contributed by atoms with Crippen LogP contribution in [0, 0.1) is 6.92 Å². The molecule has 0 aliphatic heterocycles. The van der Waals surface area contributed by atoms with Crippen LogP contribution in [0.25, 0.3) is 5.13 Å². The van der Waals surface area contributed by atoms with Crippen molar-refractivity contribution in [2.75, 3.05) is 0 Å². The van der Waals surface area contributed by atoms with Gasteiger partial charge in [-0.25, -0.2) is 9.97 Å². The number of thiazole rings is 2. The molecule has 0 fully saturated rings. The first kappa shape index (κ1) is 20.2. The third kappa shape index (κ3) is 4.72. The van der Waals surface area contributed by atoms with Crippen LogP contribution in [0.15, 0.2) is 64.3 Å². The zero-order valence-electron chi connectivity index (χ0n) is 16.3. The number of hydrogen-bond donors (Lipinski definition) is 0. The van der Waals surface area contributed by atoms with Gasteiger partial charge in [-0.3, -0.25) is 14.2 Å². The largest absolute Gasteiger partial charge is 0.487 e. The first-order chi connectivity index (χ1) is 14.6. The Hall–Kier alpha value is -3.10. The van der Waals surface area contributed by atoms with Crippen molar-refractivity contribution in [2.45, 2.75) is 26.4 Å². The van der Waals surface area contributed by atoms with Crippen LogP contribution in [0.2, 0.25) is 0 Å². The molecule has 0 aliphatic rings. The molecular weight excluding hydrogens is 418 g/mol. The summed E-state index contributed by atoms with van der Waals surface area (Å²) in [5, 5.41) is 2.38. The Morgan fingerprint density at radius 1 is 1.20 bits per heavy atom. The van der Waals surface area contributed by atoms with E-state index in [1.165, 1.54) is 33.3 Å². The van der Waals surface area contributed by atoms with Crippen LogP contribution in [0.4, 0.5) is 0 Å². The molecule has 8 heteroatoms. The van der Waals surface area contributed by atoms with E-state index in [2.05, 4.69) is 9.97 Å². The summed E-state index contributed by atoms with van der Waals surface area (Å²) in [6.07, 6.45) is 2.71. The molecule has 0 saturated carbocycles. The number of ketones is 1. The zero-order valence-corrected chi connectivity index (χ0v) is 17.9. The topological polar surface area (TPSA) is 74.1 Å². The van der Waals surface area contributed by atoms with Gasteiger partial charge in [-0.1, -0.05) is 41.7 Å². The molecule has 0 spiro atoms. The maximum Gasteiger partial charge on any atom is 0.260 e. The molecule has 0 amide bonds. The molecule has 30 heavy (non-hydrogen) atoms. The minimum absolute atomic E-state index is 0.0383. The maximum absolute atomic E-state index is 12.7. The van der Waals surface area contributed by atoms with E-state index in [9.17, 15) is 9.59 Å². The van der Waals surface area contributed by atoms with E-state index in [0.29, 0.717) is 40.9 Å². The van der Waals surface area contributed by atoms with Crippen molar-refractivity contribution < 1.29 is 9.53 Å². The molecule has 152 valence electrons. The number of aryl methyl sites for hydroxylation is 2. The van der Waals surface area contributed by atoms with Crippen LogP contribution in [-0.4, -0.2) is 20.3 Å². The maximum atomic E-state index is 12.7. The van der Waals surface area contributed by atoms with E-state index >= 15 is 0 Å². The number of rotatable bonds is 8. The molecule has 0 N–H and O–H groups in total. The number of pyridine rings is 1. The minimum atomic E-state index is -0.261. The third-order valence-electron chi connectivity index (χ3n) is 4.49. The van der Waals surface area contributed by atoms with Gasteiger partial charge in [0, 0.05) is 24.1 Å². The Morgan fingerprint density at radius 2 is 2.03 bits per heavy atom. The second-order valence-corrected chi connectivity index (χ2v) is 8.36.